The van der Waals surface area contributed by atoms with E-state index in [1.165, 1.54) is 12.1 Å². The van der Waals surface area contributed by atoms with Gasteiger partial charge in [0.15, 0.2) is 5.82 Å². The predicted octanol–water partition coefficient (Wildman–Crippen LogP) is 1.25. The number of hydrogen-bond donors (Lipinski definition) is 2. The molecule has 2 N–H and O–H groups in total. The maximum atomic E-state index is 13.6. The monoisotopic (exact) mass is 343 g/mol. The highest BCUT2D eigenvalue weighted by molar-refractivity contribution is 5.85. The average molecular weight is 343 g/mol. The second kappa shape index (κ2) is 6.30. The second-order valence-corrected chi connectivity index (χ2v) is 6.13. The topological polar surface area (TPSA) is 73.1 Å². The van der Waals surface area contributed by atoms with Crippen LogP contribution in [0, 0.1) is 5.82 Å². The summed E-state index contributed by atoms with van der Waals surface area (Å²) < 4.78 is 15.6. The molecule has 0 atom stereocenters. The van der Waals surface area contributed by atoms with E-state index in [0.29, 0.717) is 31.7 Å². The molecule has 4 rings (SSSR count). The SMILES string of the molecule is O=C(CN1CCN(c2nc3cc(F)ccc3n3cccc23)CC1)NO. The number of nitrogens with zero attached hydrogens (tertiary/aromatic N) is 4. The minimum Gasteiger partial charge on any atom is -0.352 e. The van der Waals surface area contributed by atoms with Gasteiger partial charge >= 0.3 is 0 Å². The number of carbonyl (C=O) groups is 1. The van der Waals surface area contributed by atoms with E-state index in [9.17, 15) is 9.18 Å². The Labute approximate surface area is 143 Å². The molecule has 0 radical (unpaired) electrons. The number of piperazine rings is 1. The Morgan fingerprint density at radius 2 is 2.00 bits per heavy atom. The van der Waals surface area contributed by atoms with Crippen LogP contribution in [0.25, 0.3) is 16.6 Å². The van der Waals surface area contributed by atoms with Gasteiger partial charge in [0.25, 0.3) is 5.91 Å². The van der Waals surface area contributed by atoms with Crippen LogP contribution in [0.5, 0.6) is 0 Å². The maximum Gasteiger partial charge on any atom is 0.257 e. The zero-order chi connectivity index (χ0) is 17.4. The lowest BCUT2D eigenvalue weighted by molar-refractivity contribution is -0.130. The number of hydroxylamine groups is 1. The number of rotatable bonds is 3. The largest absolute Gasteiger partial charge is 0.352 e. The number of aromatic nitrogens is 2. The molecular weight excluding hydrogens is 325 g/mol. The van der Waals surface area contributed by atoms with E-state index in [4.69, 9.17) is 5.21 Å². The Kier molecular flexibility index (Phi) is 3.98. The van der Waals surface area contributed by atoms with Crippen LogP contribution in [-0.4, -0.2) is 58.1 Å². The molecule has 3 heterocycles. The first kappa shape index (κ1) is 15.8. The number of fused-ring (bicyclic) bond motifs is 3. The van der Waals surface area contributed by atoms with Crippen molar-refractivity contribution in [1.29, 1.82) is 0 Å². The van der Waals surface area contributed by atoms with Gasteiger partial charge in [-0.3, -0.25) is 14.9 Å². The minimum absolute atomic E-state index is 0.168. The fourth-order valence-electron chi connectivity index (χ4n) is 3.32. The highest BCUT2D eigenvalue weighted by Crippen LogP contribution is 2.26. The molecule has 1 amide bonds. The van der Waals surface area contributed by atoms with E-state index in [1.54, 1.807) is 11.5 Å². The number of benzene rings is 1. The van der Waals surface area contributed by atoms with Crippen molar-refractivity contribution in [3.63, 3.8) is 0 Å². The summed E-state index contributed by atoms with van der Waals surface area (Å²) in [7, 11) is 0. The van der Waals surface area contributed by atoms with E-state index in [-0.39, 0.29) is 12.4 Å². The van der Waals surface area contributed by atoms with Crippen molar-refractivity contribution in [2.75, 3.05) is 37.6 Å². The summed E-state index contributed by atoms with van der Waals surface area (Å²) in [5.41, 5.74) is 4.10. The number of hydrogen-bond acceptors (Lipinski definition) is 5. The van der Waals surface area contributed by atoms with Crippen molar-refractivity contribution in [2.24, 2.45) is 0 Å². The molecule has 130 valence electrons. The number of nitrogens with one attached hydrogen (secondary N) is 1. The van der Waals surface area contributed by atoms with Crippen molar-refractivity contribution in [1.82, 2.24) is 19.8 Å². The molecule has 1 fully saturated rings. The number of halogens is 1. The average Bonchev–Trinajstić information content (AvgIpc) is 3.11. The fourth-order valence-corrected chi connectivity index (χ4v) is 3.32. The highest BCUT2D eigenvalue weighted by Gasteiger charge is 2.22. The van der Waals surface area contributed by atoms with Crippen LogP contribution in [0.4, 0.5) is 10.2 Å². The summed E-state index contributed by atoms with van der Waals surface area (Å²) in [6, 6.07) is 8.57. The van der Waals surface area contributed by atoms with Crippen molar-refractivity contribution in [2.45, 2.75) is 0 Å². The van der Waals surface area contributed by atoms with Crippen LogP contribution in [0.3, 0.4) is 0 Å². The number of carbonyl (C=O) groups excluding carboxylic acids is 1. The van der Waals surface area contributed by atoms with E-state index in [0.717, 1.165) is 16.9 Å². The van der Waals surface area contributed by atoms with Gasteiger partial charge in [-0.2, -0.15) is 0 Å². The van der Waals surface area contributed by atoms with Crippen LogP contribution in [0.1, 0.15) is 0 Å². The molecule has 1 saturated heterocycles. The molecule has 0 aliphatic carbocycles. The van der Waals surface area contributed by atoms with Gasteiger partial charge < -0.3 is 9.30 Å². The third kappa shape index (κ3) is 2.90. The molecule has 1 aliphatic rings. The normalized spacial score (nSPS) is 15.8. The van der Waals surface area contributed by atoms with Gasteiger partial charge in [0.1, 0.15) is 5.82 Å². The van der Waals surface area contributed by atoms with Crippen LogP contribution in [0.2, 0.25) is 0 Å². The Balaban J connectivity index is 1.65. The molecule has 7 nitrogen and oxygen atoms in total. The highest BCUT2D eigenvalue weighted by atomic mass is 19.1. The molecule has 0 spiro atoms. The lowest BCUT2D eigenvalue weighted by Gasteiger charge is -2.35. The molecule has 0 bridgehead atoms. The molecule has 25 heavy (non-hydrogen) atoms. The standard InChI is InChI=1S/C17H18FN5O2/c18-12-3-4-14-13(10-12)19-17(15-2-1-5-23(14)15)22-8-6-21(7-9-22)11-16(24)20-25/h1-5,10,25H,6-9,11H2,(H,20,24). The molecule has 1 aromatic carbocycles. The smallest absolute Gasteiger partial charge is 0.257 e. The predicted molar refractivity (Wildman–Crippen MR) is 91.2 cm³/mol. The van der Waals surface area contributed by atoms with Gasteiger partial charge in [0, 0.05) is 38.4 Å². The molecular formula is C17H18FN5O2. The zero-order valence-electron chi connectivity index (χ0n) is 13.5. The summed E-state index contributed by atoms with van der Waals surface area (Å²) in [6.07, 6.45) is 1.95. The Morgan fingerprint density at radius 3 is 2.76 bits per heavy atom. The van der Waals surface area contributed by atoms with Crippen LogP contribution >= 0.6 is 0 Å². The van der Waals surface area contributed by atoms with Gasteiger partial charge in [0.05, 0.1) is 23.1 Å². The quantitative estimate of drug-likeness (QED) is 0.553. The number of amides is 1. The lowest BCUT2D eigenvalue weighted by Crippen LogP contribution is -2.49. The van der Waals surface area contributed by atoms with Gasteiger partial charge in [-0.25, -0.2) is 14.9 Å². The first-order valence-corrected chi connectivity index (χ1v) is 8.12. The summed E-state index contributed by atoms with van der Waals surface area (Å²) in [6.45, 7) is 2.94. The fraction of sp³-hybridized carbons (Fsp3) is 0.294. The van der Waals surface area contributed by atoms with E-state index in [1.807, 2.05) is 27.6 Å². The van der Waals surface area contributed by atoms with Crippen LogP contribution in [-0.2, 0) is 4.79 Å². The molecule has 0 saturated carbocycles. The Bertz CT molecular complexity index is 933. The van der Waals surface area contributed by atoms with Gasteiger partial charge in [-0.05, 0) is 24.3 Å². The first-order chi connectivity index (χ1) is 12.2. The lowest BCUT2D eigenvalue weighted by atomic mass is 10.2. The molecule has 1 aliphatic heterocycles. The van der Waals surface area contributed by atoms with E-state index in [2.05, 4.69) is 9.88 Å². The van der Waals surface area contributed by atoms with Crippen molar-refractivity contribution < 1.29 is 14.4 Å². The summed E-state index contributed by atoms with van der Waals surface area (Å²) in [4.78, 5) is 20.1. The summed E-state index contributed by atoms with van der Waals surface area (Å²) in [5.74, 6) is 0.0911. The molecule has 2 aromatic heterocycles. The second-order valence-electron chi connectivity index (χ2n) is 6.13. The van der Waals surface area contributed by atoms with E-state index >= 15 is 0 Å². The summed E-state index contributed by atoms with van der Waals surface area (Å²) >= 11 is 0. The van der Waals surface area contributed by atoms with Crippen molar-refractivity contribution in [3.8, 4) is 0 Å². The zero-order valence-corrected chi connectivity index (χ0v) is 13.5. The minimum atomic E-state index is -0.415. The molecule has 8 heteroatoms. The Morgan fingerprint density at radius 1 is 1.20 bits per heavy atom. The van der Waals surface area contributed by atoms with Crippen molar-refractivity contribution in [3.05, 3.63) is 42.3 Å². The van der Waals surface area contributed by atoms with Gasteiger partial charge in [-0.15, -0.1) is 0 Å². The van der Waals surface area contributed by atoms with Crippen LogP contribution in [0.15, 0.2) is 36.5 Å². The third-order valence-electron chi connectivity index (χ3n) is 4.56. The molecule has 0 unspecified atom stereocenters. The van der Waals surface area contributed by atoms with E-state index < -0.39 is 5.91 Å². The van der Waals surface area contributed by atoms with Gasteiger partial charge in [-0.1, -0.05) is 0 Å². The Hall–Kier alpha value is -2.71. The van der Waals surface area contributed by atoms with Crippen molar-refractivity contribution >= 4 is 28.3 Å². The first-order valence-electron chi connectivity index (χ1n) is 8.12. The van der Waals surface area contributed by atoms with Crippen LogP contribution < -0.4 is 10.4 Å². The summed E-state index contributed by atoms with van der Waals surface area (Å²) in [5, 5.41) is 8.63. The maximum absolute atomic E-state index is 13.6. The van der Waals surface area contributed by atoms with Gasteiger partial charge in [0.2, 0.25) is 0 Å². The third-order valence-corrected chi connectivity index (χ3v) is 4.56. The number of anilines is 1. The molecule has 3 aromatic rings.